The first-order valence-electron chi connectivity index (χ1n) is 7.62. The molecule has 2 unspecified atom stereocenters. The van der Waals surface area contributed by atoms with Crippen molar-refractivity contribution < 1.29 is 19.4 Å². The smallest absolute Gasteiger partial charge is 0.410 e. The number of nitrogens with zero attached hydrogens (tertiary/aromatic N) is 2. The molecule has 0 aromatic carbocycles. The zero-order chi connectivity index (χ0) is 17.0. The van der Waals surface area contributed by atoms with Crippen molar-refractivity contribution in [1.82, 2.24) is 9.88 Å². The maximum absolute atomic E-state index is 12.3. The van der Waals surface area contributed by atoms with Crippen molar-refractivity contribution >= 4 is 17.7 Å². The number of aromatic nitrogens is 1. The zero-order valence-electron chi connectivity index (χ0n) is 13.7. The van der Waals surface area contributed by atoms with Crippen LogP contribution < -0.4 is 0 Å². The van der Waals surface area contributed by atoms with Gasteiger partial charge in [0.15, 0.2) is 0 Å². The minimum atomic E-state index is -0.803. The maximum atomic E-state index is 12.3. The van der Waals surface area contributed by atoms with Gasteiger partial charge in [0.05, 0.1) is 30.4 Å². The molecule has 2 heterocycles. The first kappa shape index (κ1) is 18.0. The molecule has 0 bridgehead atoms. The van der Waals surface area contributed by atoms with Gasteiger partial charge in [-0.15, -0.1) is 0 Å². The van der Waals surface area contributed by atoms with E-state index < -0.39 is 23.8 Å². The Morgan fingerprint density at radius 1 is 1.61 bits per heavy atom. The van der Waals surface area contributed by atoms with Crippen molar-refractivity contribution in [3.8, 4) is 0 Å². The molecule has 1 aromatic rings. The van der Waals surface area contributed by atoms with Crippen LogP contribution in [-0.4, -0.2) is 58.6 Å². The van der Waals surface area contributed by atoms with E-state index in [1.165, 1.54) is 11.1 Å². The van der Waals surface area contributed by atoms with Crippen LogP contribution in [0.3, 0.4) is 0 Å². The van der Waals surface area contributed by atoms with Crippen LogP contribution in [0.15, 0.2) is 18.5 Å². The summed E-state index contributed by atoms with van der Waals surface area (Å²) < 4.78 is 10.8. The number of amides is 1. The lowest BCUT2D eigenvalue weighted by molar-refractivity contribution is -0.0660. The second kappa shape index (κ2) is 7.47. The minimum absolute atomic E-state index is 0.267. The Kier molecular flexibility index (Phi) is 5.84. The van der Waals surface area contributed by atoms with Crippen LogP contribution in [0.1, 0.15) is 26.3 Å². The fraction of sp³-hybridized carbons (Fsp3) is 0.625. The Bertz CT molecular complexity index is 547. The van der Waals surface area contributed by atoms with Gasteiger partial charge in [0.1, 0.15) is 5.60 Å². The molecule has 0 aliphatic carbocycles. The average molecular weight is 343 g/mol. The highest BCUT2D eigenvalue weighted by Gasteiger charge is 2.35. The van der Waals surface area contributed by atoms with Gasteiger partial charge in [-0.3, -0.25) is 9.88 Å². The van der Waals surface area contributed by atoms with Crippen LogP contribution in [0.25, 0.3) is 0 Å². The molecule has 128 valence electrons. The lowest BCUT2D eigenvalue weighted by Gasteiger charge is -2.38. The molecule has 6 nitrogen and oxygen atoms in total. The molecule has 2 atom stereocenters. The van der Waals surface area contributed by atoms with Crippen molar-refractivity contribution in [2.45, 2.75) is 44.9 Å². The maximum Gasteiger partial charge on any atom is 0.410 e. The molecule has 23 heavy (non-hydrogen) atoms. The summed E-state index contributed by atoms with van der Waals surface area (Å²) in [6, 6.07) is 1.29. The van der Waals surface area contributed by atoms with Gasteiger partial charge in [-0.25, -0.2) is 4.79 Å². The van der Waals surface area contributed by atoms with Crippen LogP contribution in [-0.2, 0) is 15.9 Å². The SMILES string of the molecule is CC(C)(C)OC(=O)N1CCOCC1C(O)Cc1ccncc1Cl. The van der Waals surface area contributed by atoms with Crippen molar-refractivity contribution in [2.75, 3.05) is 19.8 Å². The number of pyridine rings is 1. The molecule has 2 rings (SSSR count). The van der Waals surface area contributed by atoms with E-state index in [9.17, 15) is 9.90 Å². The molecule has 1 N–H and O–H groups in total. The lowest BCUT2D eigenvalue weighted by Crippen LogP contribution is -2.55. The monoisotopic (exact) mass is 342 g/mol. The Hall–Kier alpha value is -1.37. The van der Waals surface area contributed by atoms with E-state index in [1.54, 1.807) is 12.3 Å². The quantitative estimate of drug-likeness (QED) is 0.912. The highest BCUT2D eigenvalue weighted by atomic mass is 35.5. The van der Waals surface area contributed by atoms with E-state index in [2.05, 4.69) is 4.98 Å². The van der Waals surface area contributed by atoms with Gasteiger partial charge in [0.2, 0.25) is 0 Å². The number of halogens is 1. The van der Waals surface area contributed by atoms with Gasteiger partial charge >= 0.3 is 6.09 Å². The van der Waals surface area contributed by atoms with Gasteiger partial charge in [0.25, 0.3) is 0 Å². The first-order valence-corrected chi connectivity index (χ1v) is 7.99. The topological polar surface area (TPSA) is 71.9 Å². The number of aliphatic hydroxyl groups excluding tert-OH is 1. The molecule has 1 aromatic heterocycles. The number of carbonyl (C=O) groups is 1. The van der Waals surface area contributed by atoms with Gasteiger partial charge in [-0.2, -0.15) is 0 Å². The molecular weight excluding hydrogens is 320 g/mol. The summed E-state index contributed by atoms with van der Waals surface area (Å²) in [4.78, 5) is 17.8. The van der Waals surface area contributed by atoms with Gasteiger partial charge in [0, 0.05) is 25.4 Å². The van der Waals surface area contributed by atoms with Crippen LogP contribution in [0, 0.1) is 0 Å². The van der Waals surface area contributed by atoms with E-state index in [0.29, 0.717) is 24.6 Å². The van der Waals surface area contributed by atoms with Crippen LogP contribution >= 0.6 is 11.6 Å². The fourth-order valence-corrected chi connectivity index (χ4v) is 2.62. The normalized spacial score (nSPS) is 20.2. The molecule has 1 fully saturated rings. The largest absolute Gasteiger partial charge is 0.444 e. The Labute approximate surface area is 141 Å². The summed E-state index contributed by atoms with van der Waals surface area (Å²) in [5.41, 5.74) is 0.197. The summed E-state index contributed by atoms with van der Waals surface area (Å²) >= 11 is 6.08. The molecule has 0 spiro atoms. The number of morpholine rings is 1. The summed E-state index contributed by atoms with van der Waals surface area (Å²) in [6.45, 7) is 6.52. The van der Waals surface area contributed by atoms with Crippen molar-refractivity contribution in [3.05, 3.63) is 29.0 Å². The van der Waals surface area contributed by atoms with E-state index in [-0.39, 0.29) is 6.61 Å². The number of hydrogen-bond acceptors (Lipinski definition) is 5. The average Bonchev–Trinajstić information content (AvgIpc) is 2.48. The number of hydrogen-bond donors (Lipinski definition) is 1. The second-order valence-corrected chi connectivity index (χ2v) is 6.96. The molecule has 0 radical (unpaired) electrons. The third kappa shape index (κ3) is 5.06. The van der Waals surface area contributed by atoms with E-state index in [1.807, 2.05) is 20.8 Å². The van der Waals surface area contributed by atoms with Crippen LogP contribution in [0.2, 0.25) is 5.02 Å². The van der Waals surface area contributed by atoms with E-state index in [4.69, 9.17) is 21.1 Å². The molecule has 1 aliphatic rings. The summed E-state index contributed by atoms with van der Waals surface area (Å²) in [7, 11) is 0. The lowest BCUT2D eigenvalue weighted by atomic mass is 10.0. The number of aliphatic hydroxyl groups is 1. The third-order valence-corrected chi connectivity index (χ3v) is 3.86. The second-order valence-electron chi connectivity index (χ2n) is 6.55. The summed E-state index contributed by atoms with van der Waals surface area (Å²) in [5.74, 6) is 0. The van der Waals surface area contributed by atoms with Crippen molar-refractivity contribution in [2.24, 2.45) is 0 Å². The van der Waals surface area contributed by atoms with Gasteiger partial charge in [-0.1, -0.05) is 11.6 Å². The molecule has 7 heteroatoms. The molecular formula is C16H23ClN2O4. The molecule has 1 saturated heterocycles. The zero-order valence-corrected chi connectivity index (χ0v) is 14.4. The molecule has 1 aliphatic heterocycles. The molecule has 0 saturated carbocycles. The summed E-state index contributed by atoms with van der Waals surface area (Å²) in [6.07, 6.45) is 2.23. The van der Waals surface area contributed by atoms with Crippen molar-refractivity contribution in [1.29, 1.82) is 0 Å². The third-order valence-electron chi connectivity index (χ3n) is 3.52. The number of rotatable bonds is 3. The van der Waals surface area contributed by atoms with Crippen molar-refractivity contribution in [3.63, 3.8) is 0 Å². The fourth-order valence-electron chi connectivity index (χ4n) is 2.42. The molecule has 1 amide bonds. The minimum Gasteiger partial charge on any atom is -0.444 e. The number of carbonyl (C=O) groups excluding carboxylic acids is 1. The standard InChI is InChI=1S/C16H23ClN2O4/c1-16(2,3)23-15(21)19-6-7-22-10-13(19)14(20)8-11-4-5-18-9-12(11)17/h4-5,9,13-14,20H,6-8,10H2,1-3H3. The predicted molar refractivity (Wildman–Crippen MR) is 86.5 cm³/mol. The Balaban J connectivity index is 2.08. The first-order chi connectivity index (χ1) is 10.8. The Morgan fingerprint density at radius 2 is 2.35 bits per heavy atom. The van der Waals surface area contributed by atoms with Crippen LogP contribution in [0.4, 0.5) is 4.79 Å². The van der Waals surface area contributed by atoms with Crippen LogP contribution in [0.5, 0.6) is 0 Å². The Morgan fingerprint density at radius 3 is 3.00 bits per heavy atom. The number of ether oxygens (including phenoxy) is 2. The summed E-state index contributed by atoms with van der Waals surface area (Å²) in [5, 5.41) is 11.1. The highest BCUT2D eigenvalue weighted by molar-refractivity contribution is 6.31. The predicted octanol–water partition coefficient (Wildman–Crippen LogP) is 2.27. The van der Waals surface area contributed by atoms with Gasteiger partial charge in [-0.05, 0) is 32.4 Å². The van der Waals surface area contributed by atoms with Gasteiger partial charge < -0.3 is 14.6 Å². The highest BCUT2D eigenvalue weighted by Crippen LogP contribution is 2.21. The van der Waals surface area contributed by atoms with E-state index in [0.717, 1.165) is 5.56 Å². The van der Waals surface area contributed by atoms with E-state index >= 15 is 0 Å².